The second kappa shape index (κ2) is 5.52. The molecule has 2 rings (SSSR count). The van der Waals surface area contributed by atoms with Crippen LogP contribution in [0.4, 0.5) is 0 Å². The third-order valence-corrected chi connectivity index (χ3v) is 3.80. The molecule has 2 heterocycles. The number of hydrogen-bond donors (Lipinski definition) is 2. The molecular weight excluding hydrogens is 228 g/mol. The smallest absolute Gasteiger partial charge is 0.244 e. The summed E-state index contributed by atoms with van der Waals surface area (Å²) in [6, 6.07) is 1.59. The van der Waals surface area contributed by atoms with Gasteiger partial charge in [-0.1, -0.05) is 6.92 Å². The minimum Gasteiger partial charge on any atom is -0.354 e. The number of nitrogens with one attached hydrogen (secondary N) is 2. The summed E-state index contributed by atoms with van der Waals surface area (Å²) in [6.07, 6.45) is 5.74. The minimum atomic E-state index is -0.245. The molecule has 2 N–H and O–H groups in total. The summed E-state index contributed by atoms with van der Waals surface area (Å²) in [5.41, 5.74) is 0.227. The molecule has 1 aliphatic rings. The summed E-state index contributed by atoms with van der Waals surface area (Å²) in [4.78, 5) is 12.0. The molecule has 100 valence electrons. The van der Waals surface area contributed by atoms with Crippen LogP contribution in [0.1, 0.15) is 32.7 Å². The van der Waals surface area contributed by atoms with Crippen molar-refractivity contribution in [2.45, 2.75) is 32.7 Å². The molecule has 5 heteroatoms. The number of piperidine rings is 1. The molecule has 1 unspecified atom stereocenters. The Kier molecular flexibility index (Phi) is 4.01. The topological polar surface area (TPSA) is 59.0 Å². The first-order chi connectivity index (χ1) is 8.61. The van der Waals surface area contributed by atoms with Crippen LogP contribution in [0, 0.1) is 5.41 Å². The normalized spacial score (nSPS) is 20.3. The molecule has 0 saturated carbocycles. The second-order valence-electron chi connectivity index (χ2n) is 5.44. The molecule has 0 radical (unpaired) electrons. The Hall–Kier alpha value is -1.36. The fourth-order valence-electron chi connectivity index (χ4n) is 2.29. The van der Waals surface area contributed by atoms with Crippen molar-refractivity contribution in [2.24, 2.45) is 5.41 Å². The number of aromatic nitrogens is 2. The number of carbonyl (C=O) groups excluding carboxylic acids is 1. The summed E-state index contributed by atoms with van der Waals surface area (Å²) in [7, 11) is 0. The largest absolute Gasteiger partial charge is 0.354 e. The van der Waals surface area contributed by atoms with E-state index in [1.54, 1.807) is 10.9 Å². The molecule has 5 nitrogen and oxygen atoms in total. The molecule has 1 aromatic heterocycles. The summed E-state index contributed by atoms with van der Waals surface area (Å²) in [6.45, 7) is 6.95. The minimum absolute atomic E-state index is 0.0402. The van der Waals surface area contributed by atoms with Gasteiger partial charge in [0.05, 0.1) is 0 Å². The molecule has 18 heavy (non-hydrogen) atoms. The molecule has 0 bridgehead atoms. The van der Waals surface area contributed by atoms with Gasteiger partial charge in [0.25, 0.3) is 0 Å². The number of nitrogens with zero attached hydrogens (tertiary/aromatic N) is 2. The molecule has 1 fully saturated rings. The monoisotopic (exact) mass is 250 g/mol. The maximum atomic E-state index is 12.0. The third-order valence-electron chi connectivity index (χ3n) is 3.80. The molecule has 1 saturated heterocycles. The average molecular weight is 250 g/mol. The van der Waals surface area contributed by atoms with Gasteiger partial charge >= 0.3 is 0 Å². The maximum absolute atomic E-state index is 12.0. The highest BCUT2D eigenvalue weighted by Gasteiger charge is 2.27. The van der Waals surface area contributed by atoms with Crippen molar-refractivity contribution in [3.05, 3.63) is 18.5 Å². The number of hydrogen-bond acceptors (Lipinski definition) is 3. The van der Waals surface area contributed by atoms with Crippen LogP contribution in [-0.2, 0) is 4.79 Å². The van der Waals surface area contributed by atoms with E-state index in [9.17, 15) is 4.79 Å². The van der Waals surface area contributed by atoms with Gasteiger partial charge in [0, 0.05) is 18.9 Å². The molecule has 0 aromatic carbocycles. The van der Waals surface area contributed by atoms with E-state index < -0.39 is 0 Å². The lowest BCUT2D eigenvalue weighted by atomic mass is 9.81. The van der Waals surface area contributed by atoms with Crippen LogP contribution in [0.5, 0.6) is 0 Å². The SMILES string of the molecule is CC(C(=O)NCC1(C)CCNCC1)n1cccn1. The van der Waals surface area contributed by atoms with E-state index in [1.807, 2.05) is 19.2 Å². The lowest BCUT2D eigenvalue weighted by Gasteiger charge is -2.34. The Bertz CT molecular complexity index is 382. The summed E-state index contributed by atoms with van der Waals surface area (Å²) in [5, 5.41) is 10.5. The molecule has 1 aliphatic heterocycles. The van der Waals surface area contributed by atoms with E-state index in [1.165, 1.54) is 0 Å². The summed E-state index contributed by atoms with van der Waals surface area (Å²) >= 11 is 0. The van der Waals surface area contributed by atoms with Gasteiger partial charge in [-0.2, -0.15) is 5.10 Å². The molecule has 1 amide bonds. The zero-order chi connectivity index (χ0) is 13.0. The van der Waals surface area contributed by atoms with E-state index in [0.717, 1.165) is 32.5 Å². The predicted molar refractivity (Wildman–Crippen MR) is 70.2 cm³/mol. The van der Waals surface area contributed by atoms with Crippen molar-refractivity contribution in [3.8, 4) is 0 Å². The second-order valence-corrected chi connectivity index (χ2v) is 5.44. The van der Waals surface area contributed by atoms with Crippen molar-refractivity contribution in [2.75, 3.05) is 19.6 Å². The Morgan fingerprint density at radius 3 is 2.89 bits per heavy atom. The van der Waals surface area contributed by atoms with Gasteiger partial charge in [-0.25, -0.2) is 0 Å². The van der Waals surface area contributed by atoms with Gasteiger partial charge < -0.3 is 10.6 Å². The van der Waals surface area contributed by atoms with Crippen molar-refractivity contribution in [3.63, 3.8) is 0 Å². The van der Waals surface area contributed by atoms with E-state index in [2.05, 4.69) is 22.7 Å². The van der Waals surface area contributed by atoms with E-state index in [-0.39, 0.29) is 17.4 Å². The number of rotatable bonds is 4. The molecule has 1 aromatic rings. The zero-order valence-corrected chi connectivity index (χ0v) is 11.1. The Labute approximate surface area is 108 Å². The standard InChI is InChI=1S/C13H22N4O/c1-11(17-9-3-6-16-17)12(18)15-10-13(2)4-7-14-8-5-13/h3,6,9,11,14H,4-5,7-8,10H2,1-2H3,(H,15,18). The first-order valence-electron chi connectivity index (χ1n) is 6.58. The average Bonchev–Trinajstić information content (AvgIpc) is 2.90. The van der Waals surface area contributed by atoms with E-state index in [4.69, 9.17) is 0 Å². The zero-order valence-electron chi connectivity index (χ0n) is 11.1. The lowest BCUT2D eigenvalue weighted by Crippen LogP contribution is -2.44. The highest BCUT2D eigenvalue weighted by Crippen LogP contribution is 2.26. The summed E-state index contributed by atoms with van der Waals surface area (Å²) < 4.78 is 1.68. The fourth-order valence-corrected chi connectivity index (χ4v) is 2.29. The number of carbonyl (C=O) groups is 1. The Morgan fingerprint density at radius 1 is 1.56 bits per heavy atom. The number of amides is 1. The highest BCUT2D eigenvalue weighted by molar-refractivity contribution is 5.79. The van der Waals surface area contributed by atoms with Crippen molar-refractivity contribution >= 4 is 5.91 Å². The van der Waals surface area contributed by atoms with Gasteiger partial charge in [-0.3, -0.25) is 9.48 Å². The van der Waals surface area contributed by atoms with Gasteiger partial charge in [-0.05, 0) is 44.3 Å². The lowest BCUT2D eigenvalue weighted by molar-refractivity contribution is -0.124. The van der Waals surface area contributed by atoms with E-state index >= 15 is 0 Å². The van der Waals surface area contributed by atoms with Crippen molar-refractivity contribution in [1.82, 2.24) is 20.4 Å². The summed E-state index contributed by atoms with van der Waals surface area (Å²) in [5.74, 6) is 0.0402. The Balaban J connectivity index is 1.84. The van der Waals surface area contributed by atoms with Crippen molar-refractivity contribution < 1.29 is 4.79 Å². The quantitative estimate of drug-likeness (QED) is 0.836. The van der Waals surface area contributed by atoms with Gasteiger partial charge in [0.1, 0.15) is 6.04 Å². The van der Waals surface area contributed by atoms with E-state index in [0.29, 0.717) is 0 Å². The van der Waals surface area contributed by atoms with Crippen molar-refractivity contribution in [1.29, 1.82) is 0 Å². The molecular formula is C13H22N4O. The Morgan fingerprint density at radius 2 is 2.28 bits per heavy atom. The van der Waals surface area contributed by atoms with Gasteiger partial charge in [-0.15, -0.1) is 0 Å². The maximum Gasteiger partial charge on any atom is 0.244 e. The van der Waals surface area contributed by atoms with Crippen LogP contribution in [0.25, 0.3) is 0 Å². The van der Waals surface area contributed by atoms with Gasteiger partial charge in [0.15, 0.2) is 0 Å². The predicted octanol–water partition coefficient (Wildman–Crippen LogP) is 0.950. The highest BCUT2D eigenvalue weighted by atomic mass is 16.2. The first kappa shape index (κ1) is 13.1. The van der Waals surface area contributed by atoms with Crippen LogP contribution in [0.15, 0.2) is 18.5 Å². The van der Waals surface area contributed by atoms with Gasteiger partial charge in [0.2, 0.25) is 5.91 Å². The molecule has 0 spiro atoms. The van der Waals surface area contributed by atoms with Crippen LogP contribution in [0.3, 0.4) is 0 Å². The van der Waals surface area contributed by atoms with Crippen LogP contribution >= 0.6 is 0 Å². The third kappa shape index (κ3) is 3.10. The first-order valence-corrected chi connectivity index (χ1v) is 6.58. The fraction of sp³-hybridized carbons (Fsp3) is 0.692. The van der Waals surface area contributed by atoms with Crippen LogP contribution in [-0.4, -0.2) is 35.3 Å². The van der Waals surface area contributed by atoms with Crippen LogP contribution in [0.2, 0.25) is 0 Å². The molecule has 0 aliphatic carbocycles. The van der Waals surface area contributed by atoms with Crippen LogP contribution < -0.4 is 10.6 Å². The molecule has 1 atom stereocenters.